The van der Waals surface area contributed by atoms with Crippen LogP contribution in [0.4, 0.5) is 0 Å². The van der Waals surface area contributed by atoms with E-state index < -0.39 is 0 Å². The van der Waals surface area contributed by atoms with Gasteiger partial charge in [-0.3, -0.25) is 9.55 Å². The van der Waals surface area contributed by atoms with Crippen LogP contribution < -0.4 is 0 Å². The molecule has 0 fully saturated rings. The van der Waals surface area contributed by atoms with Crippen LogP contribution in [0.15, 0.2) is 182 Å². The van der Waals surface area contributed by atoms with Crippen molar-refractivity contribution >= 4 is 65.4 Å². The van der Waals surface area contributed by atoms with Crippen molar-refractivity contribution in [3.05, 3.63) is 182 Å². The van der Waals surface area contributed by atoms with Crippen LogP contribution in [0, 0.1) is 0 Å². The maximum atomic E-state index is 5.41. The highest BCUT2D eigenvalue weighted by molar-refractivity contribution is 6.11. The fourth-order valence-corrected chi connectivity index (χ4v) is 8.16. The van der Waals surface area contributed by atoms with Gasteiger partial charge in [0.1, 0.15) is 5.82 Å². The Morgan fingerprint density at radius 3 is 1.62 bits per heavy atom. The van der Waals surface area contributed by atoms with Gasteiger partial charge in [0.25, 0.3) is 0 Å². The van der Waals surface area contributed by atoms with E-state index in [1.807, 2.05) is 12.3 Å². The van der Waals surface area contributed by atoms with Crippen LogP contribution in [0.25, 0.3) is 99.2 Å². The lowest BCUT2D eigenvalue weighted by Gasteiger charge is -2.16. The van der Waals surface area contributed by atoms with E-state index in [-0.39, 0.29) is 0 Å². The Morgan fingerprint density at radius 1 is 0.365 bits per heavy atom. The second kappa shape index (κ2) is 11.2. The highest BCUT2D eigenvalue weighted by atomic mass is 15.1. The molecule has 52 heavy (non-hydrogen) atoms. The molecule has 0 unspecified atom stereocenters. The van der Waals surface area contributed by atoms with Crippen molar-refractivity contribution in [2.24, 2.45) is 0 Å². The number of fused-ring (bicyclic) bond motifs is 8. The normalized spacial score (nSPS) is 11.8. The molecule has 0 aliphatic rings. The molecule has 0 radical (unpaired) electrons. The second-order valence-corrected chi connectivity index (χ2v) is 13.5. The second-order valence-electron chi connectivity index (χ2n) is 13.5. The van der Waals surface area contributed by atoms with Crippen LogP contribution in [0.1, 0.15) is 0 Å². The Hall–Kier alpha value is -7.04. The Morgan fingerprint density at radius 2 is 0.942 bits per heavy atom. The van der Waals surface area contributed by atoms with Crippen LogP contribution in [0.2, 0.25) is 0 Å². The Kier molecular flexibility index (Phi) is 6.22. The molecule has 7 aromatic carbocycles. The van der Waals surface area contributed by atoms with Gasteiger partial charge in [0.05, 0.1) is 33.1 Å². The van der Waals surface area contributed by atoms with Crippen molar-refractivity contribution in [3.8, 4) is 33.8 Å². The number of para-hydroxylation sites is 5. The van der Waals surface area contributed by atoms with Gasteiger partial charge < -0.3 is 4.57 Å². The molecule has 11 aromatic rings. The van der Waals surface area contributed by atoms with E-state index in [1.54, 1.807) is 0 Å². The smallest absolute Gasteiger partial charge is 0.138 e. The molecular formula is C48H30N4. The number of pyridine rings is 2. The van der Waals surface area contributed by atoms with Gasteiger partial charge in [-0.15, -0.1) is 0 Å². The minimum atomic E-state index is 0.891. The fourth-order valence-electron chi connectivity index (χ4n) is 8.16. The van der Waals surface area contributed by atoms with E-state index in [1.165, 1.54) is 32.6 Å². The highest BCUT2D eigenvalue weighted by Crippen LogP contribution is 2.39. The Labute approximate surface area is 299 Å². The summed E-state index contributed by atoms with van der Waals surface area (Å²) in [5.74, 6) is 0.891. The number of benzene rings is 7. The van der Waals surface area contributed by atoms with Crippen molar-refractivity contribution in [2.75, 3.05) is 0 Å². The summed E-state index contributed by atoms with van der Waals surface area (Å²) < 4.78 is 4.69. The maximum absolute atomic E-state index is 5.41. The molecule has 4 heterocycles. The molecular weight excluding hydrogens is 633 g/mol. The van der Waals surface area contributed by atoms with Gasteiger partial charge in [0.2, 0.25) is 0 Å². The predicted octanol–water partition coefficient (Wildman–Crippen LogP) is 12.3. The van der Waals surface area contributed by atoms with E-state index in [4.69, 9.17) is 9.97 Å². The quantitative estimate of drug-likeness (QED) is 0.188. The summed E-state index contributed by atoms with van der Waals surface area (Å²) >= 11 is 0. The first kappa shape index (κ1) is 28.8. The van der Waals surface area contributed by atoms with Gasteiger partial charge in [-0.1, -0.05) is 109 Å². The largest absolute Gasteiger partial charge is 0.309 e. The minimum Gasteiger partial charge on any atom is -0.309 e. The summed E-state index contributed by atoms with van der Waals surface area (Å²) in [6, 6.07) is 62.9. The van der Waals surface area contributed by atoms with E-state index in [0.717, 1.165) is 66.6 Å². The van der Waals surface area contributed by atoms with Crippen LogP contribution in [-0.2, 0) is 0 Å². The van der Waals surface area contributed by atoms with Crippen molar-refractivity contribution in [1.82, 2.24) is 19.1 Å². The predicted molar refractivity (Wildman–Crippen MR) is 217 cm³/mol. The van der Waals surface area contributed by atoms with Gasteiger partial charge in [0.15, 0.2) is 0 Å². The van der Waals surface area contributed by atoms with Crippen LogP contribution in [-0.4, -0.2) is 19.1 Å². The lowest BCUT2D eigenvalue weighted by atomic mass is 9.96. The highest BCUT2D eigenvalue weighted by Gasteiger charge is 2.18. The summed E-state index contributed by atoms with van der Waals surface area (Å²) in [5, 5.41) is 7.15. The van der Waals surface area contributed by atoms with E-state index in [0.29, 0.717) is 0 Å². The molecule has 4 heteroatoms. The van der Waals surface area contributed by atoms with Gasteiger partial charge in [-0.2, -0.15) is 0 Å². The molecule has 0 aliphatic carbocycles. The fraction of sp³-hybridized carbons (Fsp3) is 0. The third-order valence-corrected chi connectivity index (χ3v) is 10.5. The third kappa shape index (κ3) is 4.34. The average molecular weight is 663 g/mol. The standard InChI is InChI=1S/C48H30N4/c1-6-19-42-33(12-1)27-34(30-49-42)31-13-11-14-32(26-31)40-29-48(52-46-22-9-4-17-38(46)39-18-5-10-23-47(39)52)50-43-25-24-35(28-41(40)43)51-44-20-7-2-15-36(44)37-16-3-8-21-45(37)51/h1-30H. The topological polar surface area (TPSA) is 35.6 Å². The molecule has 0 N–H and O–H groups in total. The summed E-state index contributed by atoms with van der Waals surface area (Å²) in [4.78, 5) is 10.2. The van der Waals surface area contributed by atoms with E-state index in [9.17, 15) is 0 Å². The molecule has 4 aromatic heterocycles. The van der Waals surface area contributed by atoms with Crippen LogP contribution in [0.3, 0.4) is 0 Å². The van der Waals surface area contributed by atoms with E-state index >= 15 is 0 Å². The van der Waals surface area contributed by atoms with Crippen LogP contribution in [0.5, 0.6) is 0 Å². The molecule has 0 bridgehead atoms. The summed E-state index contributed by atoms with van der Waals surface area (Å²) in [6.45, 7) is 0. The zero-order valence-corrected chi connectivity index (χ0v) is 28.1. The molecule has 0 spiro atoms. The average Bonchev–Trinajstić information content (AvgIpc) is 3.73. The Bertz CT molecular complexity index is 3090. The van der Waals surface area contributed by atoms with Crippen molar-refractivity contribution < 1.29 is 0 Å². The molecule has 0 aliphatic heterocycles. The molecule has 4 nitrogen and oxygen atoms in total. The number of hydrogen-bond acceptors (Lipinski definition) is 2. The molecule has 0 saturated carbocycles. The first-order chi connectivity index (χ1) is 25.8. The summed E-state index contributed by atoms with van der Waals surface area (Å²) in [5.41, 5.74) is 12.2. The first-order valence-electron chi connectivity index (χ1n) is 17.7. The number of rotatable bonds is 4. The van der Waals surface area contributed by atoms with E-state index in [2.05, 4.69) is 179 Å². The summed E-state index contributed by atoms with van der Waals surface area (Å²) in [7, 11) is 0. The number of hydrogen-bond donors (Lipinski definition) is 0. The Balaban J connectivity index is 1.19. The number of nitrogens with zero attached hydrogens (tertiary/aromatic N) is 4. The van der Waals surface area contributed by atoms with Gasteiger partial charge >= 0.3 is 0 Å². The first-order valence-corrected chi connectivity index (χ1v) is 17.7. The van der Waals surface area contributed by atoms with Crippen molar-refractivity contribution in [2.45, 2.75) is 0 Å². The van der Waals surface area contributed by atoms with Crippen molar-refractivity contribution in [1.29, 1.82) is 0 Å². The zero-order chi connectivity index (χ0) is 34.2. The molecule has 11 rings (SSSR count). The van der Waals surface area contributed by atoms with Gasteiger partial charge in [-0.05, 0) is 83.4 Å². The maximum Gasteiger partial charge on any atom is 0.138 e. The number of aromatic nitrogens is 4. The minimum absolute atomic E-state index is 0.891. The molecule has 242 valence electrons. The third-order valence-electron chi connectivity index (χ3n) is 10.5. The molecule has 0 amide bonds. The van der Waals surface area contributed by atoms with Crippen LogP contribution >= 0.6 is 0 Å². The van der Waals surface area contributed by atoms with Crippen molar-refractivity contribution in [3.63, 3.8) is 0 Å². The lowest BCUT2D eigenvalue weighted by Crippen LogP contribution is -2.00. The monoisotopic (exact) mass is 662 g/mol. The SMILES string of the molecule is c1cc(-c2cnc3ccccc3c2)cc(-c2cc(-n3c4ccccc4c4ccccc43)nc3ccc(-n4c5ccccc5c5ccccc54)cc23)c1. The molecule has 0 atom stereocenters. The lowest BCUT2D eigenvalue weighted by molar-refractivity contribution is 1.10. The van der Waals surface area contributed by atoms with Gasteiger partial charge in [0, 0.05) is 49.8 Å². The van der Waals surface area contributed by atoms with Gasteiger partial charge in [-0.25, -0.2) is 4.98 Å². The zero-order valence-electron chi connectivity index (χ0n) is 28.1. The molecule has 0 saturated heterocycles. The summed E-state index contributed by atoms with van der Waals surface area (Å²) in [6.07, 6.45) is 1.98.